The molecule has 0 atom stereocenters. The summed E-state index contributed by atoms with van der Waals surface area (Å²) in [6, 6.07) is 9.64. The standard InChI is InChI=1S/C19H24N4O2/c1-14-7-10-20-19(22-14)23-11-8-16(9-12-23)18(24)21-13-15-3-5-17(25-2)6-4-15/h3-7,10,16H,8-9,11-13H2,1-2H3,(H,21,24). The van der Waals surface area contributed by atoms with Crippen LogP contribution in [0.15, 0.2) is 36.5 Å². The van der Waals surface area contributed by atoms with Crippen molar-refractivity contribution in [3.05, 3.63) is 47.8 Å². The molecule has 25 heavy (non-hydrogen) atoms. The summed E-state index contributed by atoms with van der Waals surface area (Å²) >= 11 is 0. The van der Waals surface area contributed by atoms with E-state index in [1.54, 1.807) is 13.3 Å². The minimum Gasteiger partial charge on any atom is -0.497 e. The second-order valence-corrected chi connectivity index (χ2v) is 6.33. The fourth-order valence-electron chi connectivity index (χ4n) is 3.01. The smallest absolute Gasteiger partial charge is 0.225 e. The van der Waals surface area contributed by atoms with E-state index in [1.165, 1.54) is 0 Å². The number of amides is 1. The lowest BCUT2D eigenvalue weighted by atomic mass is 9.96. The molecule has 6 nitrogen and oxygen atoms in total. The molecule has 1 saturated heterocycles. The third-order valence-corrected chi connectivity index (χ3v) is 4.56. The molecular formula is C19H24N4O2. The van der Waals surface area contributed by atoms with Gasteiger partial charge in [0.25, 0.3) is 0 Å². The topological polar surface area (TPSA) is 67.3 Å². The molecular weight excluding hydrogens is 316 g/mol. The molecule has 1 fully saturated rings. The molecule has 1 aliphatic heterocycles. The fourth-order valence-corrected chi connectivity index (χ4v) is 3.01. The van der Waals surface area contributed by atoms with Gasteiger partial charge in [-0.05, 0) is 43.5 Å². The summed E-state index contributed by atoms with van der Waals surface area (Å²) in [6.45, 7) is 4.13. The van der Waals surface area contributed by atoms with Gasteiger partial charge < -0.3 is 15.0 Å². The first kappa shape index (κ1) is 17.2. The largest absolute Gasteiger partial charge is 0.497 e. The van der Waals surface area contributed by atoms with Crippen LogP contribution >= 0.6 is 0 Å². The van der Waals surface area contributed by atoms with Gasteiger partial charge in [-0.3, -0.25) is 4.79 Å². The molecule has 1 aromatic carbocycles. The van der Waals surface area contributed by atoms with Crippen molar-refractivity contribution in [1.82, 2.24) is 15.3 Å². The number of aryl methyl sites for hydroxylation is 1. The number of carbonyl (C=O) groups is 1. The van der Waals surface area contributed by atoms with Gasteiger partial charge in [0.1, 0.15) is 5.75 Å². The molecule has 0 radical (unpaired) electrons. The number of ether oxygens (including phenoxy) is 1. The molecule has 1 aromatic heterocycles. The highest BCUT2D eigenvalue weighted by molar-refractivity contribution is 5.78. The van der Waals surface area contributed by atoms with Crippen LogP contribution in [0.2, 0.25) is 0 Å². The molecule has 0 aliphatic carbocycles. The molecule has 1 aliphatic rings. The van der Waals surface area contributed by atoms with Crippen LogP contribution in [0.3, 0.4) is 0 Å². The van der Waals surface area contributed by atoms with Gasteiger partial charge in [-0.2, -0.15) is 0 Å². The Hall–Kier alpha value is -2.63. The molecule has 2 aromatic rings. The molecule has 6 heteroatoms. The van der Waals surface area contributed by atoms with Crippen molar-refractivity contribution in [3.63, 3.8) is 0 Å². The summed E-state index contributed by atoms with van der Waals surface area (Å²) < 4.78 is 5.14. The second kappa shape index (κ2) is 7.96. The maximum Gasteiger partial charge on any atom is 0.225 e. The Kier molecular flexibility index (Phi) is 5.48. The zero-order valence-corrected chi connectivity index (χ0v) is 14.7. The first-order valence-corrected chi connectivity index (χ1v) is 8.61. The van der Waals surface area contributed by atoms with Gasteiger partial charge in [0.15, 0.2) is 0 Å². The van der Waals surface area contributed by atoms with Crippen LogP contribution in [-0.4, -0.2) is 36.1 Å². The van der Waals surface area contributed by atoms with Crippen LogP contribution in [0.5, 0.6) is 5.75 Å². The molecule has 0 saturated carbocycles. The van der Waals surface area contributed by atoms with Crippen molar-refractivity contribution in [2.24, 2.45) is 5.92 Å². The van der Waals surface area contributed by atoms with Crippen LogP contribution in [0.4, 0.5) is 5.95 Å². The normalized spacial score (nSPS) is 15.0. The van der Waals surface area contributed by atoms with Crippen molar-refractivity contribution >= 4 is 11.9 Å². The minimum atomic E-state index is 0.0549. The first-order chi connectivity index (χ1) is 12.2. The van der Waals surface area contributed by atoms with E-state index >= 15 is 0 Å². The Labute approximate surface area is 148 Å². The lowest BCUT2D eigenvalue weighted by Gasteiger charge is -2.31. The average Bonchev–Trinajstić information content (AvgIpc) is 2.66. The Morgan fingerprint density at radius 1 is 1.24 bits per heavy atom. The molecule has 1 amide bonds. The number of carbonyl (C=O) groups excluding carboxylic acids is 1. The summed E-state index contributed by atoms with van der Waals surface area (Å²) in [5.74, 6) is 1.76. The van der Waals surface area contributed by atoms with E-state index in [1.807, 2.05) is 37.3 Å². The van der Waals surface area contributed by atoms with Crippen molar-refractivity contribution in [2.45, 2.75) is 26.3 Å². The predicted molar refractivity (Wildman–Crippen MR) is 96.5 cm³/mol. The van der Waals surface area contributed by atoms with Crippen molar-refractivity contribution in [2.75, 3.05) is 25.1 Å². The molecule has 2 heterocycles. The summed E-state index contributed by atoms with van der Waals surface area (Å²) in [7, 11) is 1.64. The van der Waals surface area contributed by atoms with Crippen LogP contribution in [0, 0.1) is 12.8 Å². The van der Waals surface area contributed by atoms with Gasteiger partial charge in [0.05, 0.1) is 7.11 Å². The lowest BCUT2D eigenvalue weighted by Crippen LogP contribution is -2.41. The zero-order valence-electron chi connectivity index (χ0n) is 14.7. The number of nitrogens with one attached hydrogen (secondary N) is 1. The van der Waals surface area contributed by atoms with Gasteiger partial charge in [0.2, 0.25) is 11.9 Å². The van der Waals surface area contributed by atoms with E-state index < -0.39 is 0 Å². The van der Waals surface area contributed by atoms with Crippen molar-refractivity contribution in [1.29, 1.82) is 0 Å². The van der Waals surface area contributed by atoms with Crippen LogP contribution in [0.25, 0.3) is 0 Å². The maximum absolute atomic E-state index is 12.4. The Balaban J connectivity index is 1.48. The van der Waals surface area contributed by atoms with Crippen LogP contribution < -0.4 is 15.0 Å². The summed E-state index contributed by atoms with van der Waals surface area (Å²) in [5.41, 5.74) is 2.03. The van der Waals surface area contributed by atoms with Crippen molar-refractivity contribution in [3.8, 4) is 5.75 Å². The summed E-state index contributed by atoms with van der Waals surface area (Å²) in [6.07, 6.45) is 3.43. The highest BCUT2D eigenvalue weighted by atomic mass is 16.5. The number of nitrogens with zero attached hydrogens (tertiary/aromatic N) is 3. The van der Waals surface area contributed by atoms with Gasteiger partial charge in [-0.25, -0.2) is 9.97 Å². The summed E-state index contributed by atoms with van der Waals surface area (Å²) in [4.78, 5) is 23.3. The molecule has 0 spiro atoms. The Morgan fingerprint density at radius 2 is 1.96 bits per heavy atom. The van der Waals surface area contributed by atoms with E-state index in [9.17, 15) is 4.79 Å². The van der Waals surface area contributed by atoms with Gasteiger partial charge >= 0.3 is 0 Å². The van der Waals surface area contributed by atoms with Crippen LogP contribution in [0.1, 0.15) is 24.1 Å². The first-order valence-electron chi connectivity index (χ1n) is 8.61. The molecule has 1 N–H and O–H groups in total. The third-order valence-electron chi connectivity index (χ3n) is 4.56. The number of aromatic nitrogens is 2. The van der Waals surface area contributed by atoms with Gasteiger partial charge in [-0.1, -0.05) is 12.1 Å². The minimum absolute atomic E-state index is 0.0549. The molecule has 3 rings (SSSR count). The molecule has 0 unspecified atom stereocenters. The number of piperidine rings is 1. The molecule has 0 bridgehead atoms. The number of anilines is 1. The number of methoxy groups -OCH3 is 1. The van der Waals surface area contributed by atoms with Gasteiger partial charge in [-0.15, -0.1) is 0 Å². The number of hydrogen-bond acceptors (Lipinski definition) is 5. The third kappa shape index (κ3) is 4.47. The van der Waals surface area contributed by atoms with E-state index in [0.29, 0.717) is 6.54 Å². The van der Waals surface area contributed by atoms with Crippen LogP contribution in [-0.2, 0) is 11.3 Å². The average molecular weight is 340 g/mol. The fraction of sp³-hybridized carbons (Fsp3) is 0.421. The van der Waals surface area contributed by atoms with E-state index in [-0.39, 0.29) is 11.8 Å². The Morgan fingerprint density at radius 3 is 2.60 bits per heavy atom. The Bertz CT molecular complexity index is 710. The van der Waals surface area contributed by atoms with E-state index in [4.69, 9.17) is 4.74 Å². The highest BCUT2D eigenvalue weighted by Crippen LogP contribution is 2.21. The lowest BCUT2D eigenvalue weighted by molar-refractivity contribution is -0.125. The van der Waals surface area contributed by atoms with E-state index in [0.717, 1.165) is 48.9 Å². The predicted octanol–water partition coefficient (Wildman–Crippen LogP) is 2.33. The second-order valence-electron chi connectivity index (χ2n) is 6.33. The molecule has 132 valence electrons. The monoisotopic (exact) mass is 340 g/mol. The quantitative estimate of drug-likeness (QED) is 0.905. The summed E-state index contributed by atoms with van der Waals surface area (Å²) in [5, 5.41) is 3.04. The SMILES string of the molecule is COc1ccc(CNC(=O)C2CCN(c3nccc(C)n3)CC2)cc1. The zero-order chi connectivity index (χ0) is 17.6. The van der Waals surface area contributed by atoms with Gasteiger partial charge in [0, 0.05) is 37.4 Å². The maximum atomic E-state index is 12.4. The number of rotatable bonds is 5. The van der Waals surface area contributed by atoms with E-state index in [2.05, 4.69) is 20.2 Å². The number of benzene rings is 1. The number of hydrogen-bond donors (Lipinski definition) is 1. The highest BCUT2D eigenvalue weighted by Gasteiger charge is 2.25. The van der Waals surface area contributed by atoms with Crippen molar-refractivity contribution < 1.29 is 9.53 Å².